The highest BCUT2D eigenvalue weighted by atomic mass is 16.7. The number of rotatable bonds is 10. The molecule has 2 rings (SSSR count). The number of nitrogens with two attached hydrogens (primary N) is 1. The van der Waals surface area contributed by atoms with E-state index in [0.717, 1.165) is 0 Å². The number of carboxylic acid groups (broad SMARTS) is 2. The first kappa shape index (κ1) is 35.9. The second kappa shape index (κ2) is 14.7. The molecule has 2 saturated heterocycles. The van der Waals surface area contributed by atoms with E-state index in [1.165, 1.54) is 0 Å². The summed E-state index contributed by atoms with van der Waals surface area (Å²) in [7, 11) is 0. The monoisotopic (exact) mass is 592 g/mol. The van der Waals surface area contributed by atoms with Crippen molar-refractivity contribution in [2.24, 2.45) is 5.73 Å². The lowest BCUT2D eigenvalue weighted by molar-refractivity contribution is -0.295. The fraction of sp³-hybridized carbons (Fsp3) is 0.850. The molecule has 0 aromatic carbocycles. The average Bonchev–Trinajstić information content (AvgIpc) is 2.90. The van der Waals surface area contributed by atoms with Gasteiger partial charge in [0.15, 0.2) is 0 Å². The second-order valence-electron chi connectivity index (χ2n) is 9.20. The Morgan fingerprint density at radius 1 is 0.800 bits per heavy atom. The van der Waals surface area contributed by atoms with Gasteiger partial charge in [0, 0.05) is 12.8 Å². The molecule has 0 aliphatic carbocycles. The van der Waals surface area contributed by atoms with Crippen molar-refractivity contribution in [1.29, 1.82) is 0 Å². The fourth-order valence-corrected chi connectivity index (χ4v) is 3.88. The number of carbonyl (C=O) groups is 3. The largest absolute Gasteiger partial charge is 0.477 e. The van der Waals surface area contributed by atoms with Gasteiger partial charge in [-0.2, -0.15) is 0 Å². The van der Waals surface area contributed by atoms with Crippen molar-refractivity contribution in [2.75, 3.05) is 19.8 Å². The molecule has 20 heteroatoms. The third-order valence-electron chi connectivity index (χ3n) is 6.20. The molecule has 2 aliphatic rings. The summed E-state index contributed by atoms with van der Waals surface area (Å²) in [6, 6.07) is -2.63. The van der Waals surface area contributed by atoms with E-state index in [2.05, 4.69) is 5.32 Å². The van der Waals surface area contributed by atoms with E-state index in [9.17, 15) is 55.2 Å². The normalized spacial score (nSPS) is 37.2. The average molecular weight is 593 g/mol. The fourth-order valence-electron chi connectivity index (χ4n) is 3.88. The predicted octanol–water partition coefficient (Wildman–Crippen LogP) is -8.95. The summed E-state index contributed by atoms with van der Waals surface area (Å²) in [6.45, 7) is -2.67. The number of amides is 1. The lowest BCUT2D eigenvalue weighted by Gasteiger charge is -2.44. The molecule has 0 bridgehead atoms. The van der Waals surface area contributed by atoms with Crippen LogP contribution in [0.3, 0.4) is 0 Å². The van der Waals surface area contributed by atoms with Crippen LogP contribution in [0.25, 0.3) is 0 Å². The van der Waals surface area contributed by atoms with Gasteiger partial charge in [0.2, 0.25) is 5.91 Å². The minimum Gasteiger partial charge on any atom is -0.477 e. The first-order chi connectivity index (χ1) is 18.4. The lowest BCUT2D eigenvalue weighted by Crippen LogP contribution is -2.67. The Balaban J connectivity index is 0.000000408. The summed E-state index contributed by atoms with van der Waals surface area (Å²) < 4.78 is 9.58. The molecule has 0 radical (unpaired) electrons. The first-order valence-corrected chi connectivity index (χ1v) is 11.6. The number of aliphatic carboxylic acids is 2. The SMILES string of the molecule is N[C@@H]1[C@@H](O)CC(O)(C(=O)O)O[C@H]1C(O)C(O)CO.O=C(CO)N[C@@H]1[C@@H](O)CC(O)(C(=O)O)O[C@H]1C(O)C(O)CO. The number of carboxylic acids is 2. The van der Waals surface area contributed by atoms with Gasteiger partial charge in [-0.3, -0.25) is 4.79 Å². The Morgan fingerprint density at radius 3 is 1.60 bits per heavy atom. The van der Waals surface area contributed by atoms with Gasteiger partial charge in [-0.25, -0.2) is 9.59 Å². The van der Waals surface area contributed by atoms with Gasteiger partial charge in [-0.1, -0.05) is 0 Å². The molecule has 1 amide bonds. The summed E-state index contributed by atoms with van der Waals surface area (Å²) in [5.74, 6) is -10.1. The van der Waals surface area contributed by atoms with Gasteiger partial charge in [0.05, 0.1) is 37.5 Å². The van der Waals surface area contributed by atoms with Crippen molar-refractivity contribution in [2.45, 2.75) is 85.3 Å². The Hall–Kier alpha value is -2.15. The Bertz CT molecular complexity index is 865. The van der Waals surface area contributed by atoms with Gasteiger partial charge in [-0.15, -0.1) is 0 Å². The first-order valence-electron chi connectivity index (χ1n) is 11.6. The summed E-state index contributed by atoms with van der Waals surface area (Å²) in [5.41, 5.74) is 5.51. The van der Waals surface area contributed by atoms with E-state index in [1.807, 2.05) is 0 Å². The summed E-state index contributed by atoms with van der Waals surface area (Å²) in [4.78, 5) is 33.1. The number of carbonyl (C=O) groups excluding carboxylic acids is 1. The van der Waals surface area contributed by atoms with Crippen LogP contribution in [0.1, 0.15) is 12.8 Å². The topological polar surface area (TPSA) is 371 Å². The molecule has 2 fully saturated rings. The van der Waals surface area contributed by atoms with Crippen LogP contribution in [0.4, 0.5) is 0 Å². The molecule has 0 spiro atoms. The van der Waals surface area contributed by atoms with Gasteiger partial charge in [0.1, 0.15) is 43.2 Å². The number of nitrogens with one attached hydrogen (secondary N) is 1. The Labute approximate surface area is 225 Å². The zero-order valence-corrected chi connectivity index (χ0v) is 20.7. The smallest absolute Gasteiger partial charge is 0.364 e. The molecule has 20 nitrogen and oxygen atoms in total. The number of hydrogen-bond donors (Lipinski definition) is 15. The van der Waals surface area contributed by atoms with E-state index in [4.69, 9.17) is 40.7 Å². The standard InChI is InChI=1S/C11H19NO10.C9H17NO8/c13-2-5(16)8(18)9-7(12-6(17)3-14)4(15)1-11(21,22-9)10(19)20;10-5-3(12)1-9(17,8(15)16)18-7(5)6(14)4(13)2-11/h4-5,7-9,13-16,18,21H,1-3H2,(H,12,17)(H,19,20);3-7,11-14,17H,1-2,10H2,(H,15,16)/t4-,5?,7+,8?,9+,11?;3-,4?,5+,6?,7+,9?/m00/s1. The third kappa shape index (κ3) is 8.43. The molecule has 40 heavy (non-hydrogen) atoms. The van der Waals surface area contributed by atoms with Crippen LogP contribution < -0.4 is 11.1 Å². The second-order valence-corrected chi connectivity index (χ2v) is 9.20. The van der Waals surface area contributed by atoms with Gasteiger partial charge in [-0.05, 0) is 0 Å². The molecular weight excluding hydrogens is 556 g/mol. The van der Waals surface area contributed by atoms with E-state index in [1.54, 1.807) is 0 Å². The minimum atomic E-state index is -2.85. The number of aliphatic hydroxyl groups excluding tert-OH is 9. The molecular formula is C20H36N2O18. The molecule has 6 unspecified atom stereocenters. The molecule has 16 N–H and O–H groups in total. The van der Waals surface area contributed by atoms with Crippen LogP contribution >= 0.6 is 0 Å². The predicted molar refractivity (Wildman–Crippen MR) is 121 cm³/mol. The van der Waals surface area contributed by atoms with Crippen LogP contribution in [0, 0.1) is 0 Å². The van der Waals surface area contributed by atoms with Gasteiger partial charge in [0.25, 0.3) is 11.6 Å². The van der Waals surface area contributed by atoms with Crippen LogP contribution in [0.5, 0.6) is 0 Å². The zero-order chi connectivity index (χ0) is 31.2. The summed E-state index contributed by atoms with van der Waals surface area (Å²) in [6.07, 6.45) is -14.9. The number of hydrogen-bond acceptors (Lipinski definition) is 17. The maximum atomic E-state index is 11.2. The minimum absolute atomic E-state index is 0.665. The number of aliphatic hydroxyl groups is 11. The van der Waals surface area contributed by atoms with Crippen LogP contribution in [-0.2, 0) is 23.9 Å². The molecule has 0 saturated carbocycles. The molecule has 12 atom stereocenters. The Kier molecular flexibility index (Phi) is 13.1. The quantitative estimate of drug-likeness (QED) is 0.112. The highest BCUT2D eigenvalue weighted by Gasteiger charge is 2.54. The van der Waals surface area contributed by atoms with Crippen molar-refractivity contribution in [3.8, 4) is 0 Å². The van der Waals surface area contributed by atoms with Crippen molar-refractivity contribution in [3.63, 3.8) is 0 Å². The molecule has 2 heterocycles. The van der Waals surface area contributed by atoms with E-state index < -0.39 is 123 Å². The maximum Gasteiger partial charge on any atom is 0.364 e. The zero-order valence-electron chi connectivity index (χ0n) is 20.7. The third-order valence-corrected chi connectivity index (χ3v) is 6.20. The van der Waals surface area contributed by atoms with Crippen LogP contribution in [-0.4, -0.2) is 177 Å². The Morgan fingerprint density at radius 2 is 1.20 bits per heavy atom. The molecule has 234 valence electrons. The molecule has 0 aromatic heterocycles. The van der Waals surface area contributed by atoms with Gasteiger partial charge < -0.3 is 86.9 Å². The highest BCUT2D eigenvalue weighted by molar-refractivity contribution is 5.78. The van der Waals surface area contributed by atoms with E-state index in [-0.39, 0.29) is 0 Å². The van der Waals surface area contributed by atoms with Crippen molar-refractivity contribution in [1.82, 2.24) is 5.32 Å². The van der Waals surface area contributed by atoms with Crippen molar-refractivity contribution in [3.05, 3.63) is 0 Å². The van der Waals surface area contributed by atoms with Crippen molar-refractivity contribution >= 4 is 17.8 Å². The van der Waals surface area contributed by atoms with E-state index in [0.29, 0.717) is 0 Å². The van der Waals surface area contributed by atoms with Crippen molar-refractivity contribution < 1.29 is 90.2 Å². The summed E-state index contributed by atoms with van der Waals surface area (Å²) in [5, 5.41) is 123. The highest BCUT2D eigenvalue weighted by Crippen LogP contribution is 2.31. The van der Waals surface area contributed by atoms with Crippen LogP contribution in [0.15, 0.2) is 0 Å². The van der Waals surface area contributed by atoms with Crippen LogP contribution in [0.2, 0.25) is 0 Å². The molecule has 0 aromatic rings. The lowest BCUT2D eigenvalue weighted by atomic mass is 9.88. The maximum absolute atomic E-state index is 11.2. The number of ether oxygens (including phenoxy) is 2. The van der Waals surface area contributed by atoms with Gasteiger partial charge >= 0.3 is 11.9 Å². The van der Waals surface area contributed by atoms with E-state index >= 15 is 0 Å². The summed E-state index contributed by atoms with van der Waals surface area (Å²) >= 11 is 0. The molecule has 2 aliphatic heterocycles.